The smallest absolute Gasteiger partial charge is 0.123 e. The molecule has 0 saturated carbocycles. The number of nitriles is 2. The molecule has 0 fully saturated rings. The Bertz CT molecular complexity index is 717. The average Bonchev–Trinajstić information content (AvgIpc) is 2.55. The summed E-state index contributed by atoms with van der Waals surface area (Å²) < 4.78 is 0.767. The Balaban J connectivity index is 0.000000240. The van der Waals surface area contributed by atoms with Crippen LogP contribution in [0.1, 0.15) is 39.1 Å². The number of nitrogens with zero attached hydrogens (tertiary/aromatic N) is 4. The molecule has 2 aromatic rings. The third-order valence-electron chi connectivity index (χ3n) is 3.33. The van der Waals surface area contributed by atoms with Crippen molar-refractivity contribution in [2.75, 3.05) is 5.73 Å². The Labute approximate surface area is 151 Å². The van der Waals surface area contributed by atoms with Gasteiger partial charge in [-0.2, -0.15) is 10.5 Å². The number of nitrogen functional groups attached to an aromatic ring is 1. The summed E-state index contributed by atoms with van der Waals surface area (Å²) in [6.45, 7) is 7.33. The molecule has 0 aliphatic rings. The molecule has 2 aromatic heterocycles. The molecule has 0 spiro atoms. The highest BCUT2D eigenvalue weighted by molar-refractivity contribution is 9.10. The molecule has 0 aromatic carbocycles. The minimum Gasteiger partial charge on any atom is -0.384 e. The molecule has 0 unspecified atom stereocenters. The fourth-order valence-electron chi connectivity index (χ4n) is 1.67. The zero-order valence-corrected chi connectivity index (χ0v) is 15.8. The van der Waals surface area contributed by atoms with Crippen molar-refractivity contribution in [2.45, 2.75) is 38.5 Å². The van der Waals surface area contributed by atoms with Crippen molar-refractivity contribution in [1.82, 2.24) is 9.97 Å². The Hall–Kier alpha value is -2.44. The molecule has 2 heterocycles. The van der Waals surface area contributed by atoms with Crippen molar-refractivity contribution in [1.29, 1.82) is 10.5 Å². The van der Waals surface area contributed by atoms with Crippen LogP contribution < -0.4 is 5.73 Å². The van der Waals surface area contributed by atoms with Gasteiger partial charge in [0.1, 0.15) is 10.4 Å². The van der Waals surface area contributed by atoms with Crippen LogP contribution in [0, 0.1) is 22.7 Å². The normalized spacial score (nSPS) is 10.8. The van der Waals surface area contributed by atoms with E-state index in [9.17, 15) is 0 Å². The first-order valence-corrected chi connectivity index (χ1v) is 8.10. The maximum Gasteiger partial charge on any atom is 0.123 e. The summed E-state index contributed by atoms with van der Waals surface area (Å²) in [6, 6.07) is 15.3. The van der Waals surface area contributed by atoms with Crippen molar-refractivity contribution in [2.24, 2.45) is 0 Å². The topological polar surface area (TPSA) is 99.4 Å². The monoisotopic (exact) mass is 385 g/mol. The lowest BCUT2D eigenvalue weighted by Crippen LogP contribution is -2.16. The Kier molecular flexibility index (Phi) is 6.45. The first-order chi connectivity index (χ1) is 11.1. The van der Waals surface area contributed by atoms with Gasteiger partial charge in [-0.1, -0.05) is 12.1 Å². The van der Waals surface area contributed by atoms with E-state index in [1.165, 1.54) is 0 Å². The lowest BCUT2D eigenvalue weighted by Gasteiger charge is -2.13. The molecule has 0 aliphatic carbocycles. The van der Waals surface area contributed by atoms with E-state index in [1.54, 1.807) is 18.2 Å². The van der Waals surface area contributed by atoms with E-state index in [1.807, 2.05) is 45.9 Å². The van der Waals surface area contributed by atoms with Gasteiger partial charge in [-0.25, -0.2) is 9.97 Å². The molecule has 2 rings (SSSR count). The second kappa shape index (κ2) is 7.90. The van der Waals surface area contributed by atoms with Crippen molar-refractivity contribution in [3.05, 3.63) is 52.4 Å². The van der Waals surface area contributed by atoms with Crippen LogP contribution >= 0.6 is 15.9 Å². The number of hydrogen-bond acceptors (Lipinski definition) is 5. The second-order valence-electron chi connectivity index (χ2n) is 6.27. The van der Waals surface area contributed by atoms with Crippen LogP contribution in [0.5, 0.6) is 0 Å². The summed E-state index contributed by atoms with van der Waals surface area (Å²) in [5.74, 6) is 0.454. The predicted octanol–water partition coefficient (Wildman–Crippen LogP) is 4.11. The van der Waals surface area contributed by atoms with Gasteiger partial charge < -0.3 is 5.73 Å². The van der Waals surface area contributed by atoms with Crippen LogP contribution in [-0.4, -0.2) is 9.97 Å². The molecule has 0 amide bonds. The minimum absolute atomic E-state index is 0.454. The molecule has 0 saturated heterocycles. The van der Waals surface area contributed by atoms with E-state index in [4.69, 9.17) is 16.3 Å². The van der Waals surface area contributed by atoms with E-state index < -0.39 is 10.8 Å². The molecular formula is C18H20BrN5. The second-order valence-corrected chi connectivity index (χ2v) is 7.08. The zero-order valence-electron chi connectivity index (χ0n) is 14.2. The Morgan fingerprint density at radius 1 is 0.875 bits per heavy atom. The van der Waals surface area contributed by atoms with Gasteiger partial charge in [-0.3, -0.25) is 0 Å². The van der Waals surface area contributed by atoms with E-state index in [0.29, 0.717) is 11.5 Å². The fourth-order valence-corrected chi connectivity index (χ4v) is 2.01. The highest BCUT2D eigenvalue weighted by Gasteiger charge is 2.21. The van der Waals surface area contributed by atoms with Crippen LogP contribution in [0.25, 0.3) is 0 Å². The first kappa shape index (κ1) is 19.6. The molecule has 2 N–H and O–H groups in total. The molecule has 0 radical (unpaired) electrons. The van der Waals surface area contributed by atoms with E-state index >= 15 is 0 Å². The van der Waals surface area contributed by atoms with Gasteiger partial charge >= 0.3 is 0 Å². The fraction of sp³-hybridized carbons (Fsp3) is 0.333. The number of halogens is 1. The number of nitrogens with two attached hydrogens (primary N) is 1. The summed E-state index contributed by atoms with van der Waals surface area (Å²) >= 11 is 3.26. The Morgan fingerprint density at radius 2 is 1.33 bits per heavy atom. The summed E-state index contributed by atoms with van der Waals surface area (Å²) in [4.78, 5) is 8.28. The minimum atomic E-state index is -0.560. The summed E-state index contributed by atoms with van der Waals surface area (Å²) in [5.41, 5.74) is 5.92. The highest BCUT2D eigenvalue weighted by atomic mass is 79.9. The average molecular weight is 386 g/mol. The molecule has 124 valence electrons. The van der Waals surface area contributed by atoms with E-state index in [2.05, 4.69) is 38.0 Å². The van der Waals surface area contributed by atoms with Crippen LogP contribution in [0.2, 0.25) is 0 Å². The molecule has 0 aliphatic heterocycles. The molecule has 6 heteroatoms. The summed E-state index contributed by atoms with van der Waals surface area (Å²) in [5, 5.41) is 17.6. The summed E-state index contributed by atoms with van der Waals surface area (Å²) in [6.07, 6.45) is 0. The van der Waals surface area contributed by atoms with E-state index in [0.717, 1.165) is 10.3 Å². The van der Waals surface area contributed by atoms with Crippen LogP contribution in [-0.2, 0) is 10.8 Å². The SMILES string of the molecule is CC(C)(C#N)c1cccc(Br)n1.CC(C)(C#N)c1cccc(N)n1. The third-order valence-corrected chi connectivity index (χ3v) is 3.77. The first-order valence-electron chi connectivity index (χ1n) is 7.31. The number of pyridine rings is 2. The van der Waals surface area contributed by atoms with Gasteiger partial charge in [0.15, 0.2) is 0 Å². The van der Waals surface area contributed by atoms with Gasteiger partial charge in [-0.15, -0.1) is 0 Å². The molecule has 5 nitrogen and oxygen atoms in total. The Morgan fingerprint density at radius 3 is 1.75 bits per heavy atom. The zero-order chi connectivity index (χ0) is 18.4. The van der Waals surface area contributed by atoms with Crippen molar-refractivity contribution >= 4 is 21.7 Å². The van der Waals surface area contributed by atoms with Gasteiger partial charge in [-0.05, 0) is 67.9 Å². The highest BCUT2D eigenvalue weighted by Crippen LogP contribution is 2.21. The molecule has 0 bridgehead atoms. The van der Waals surface area contributed by atoms with Crippen LogP contribution in [0.15, 0.2) is 41.0 Å². The van der Waals surface area contributed by atoms with E-state index in [-0.39, 0.29) is 0 Å². The number of hydrogen-bond donors (Lipinski definition) is 1. The van der Waals surface area contributed by atoms with Crippen molar-refractivity contribution in [3.63, 3.8) is 0 Å². The summed E-state index contributed by atoms with van der Waals surface area (Å²) in [7, 11) is 0. The maximum absolute atomic E-state index is 8.83. The lowest BCUT2D eigenvalue weighted by atomic mass is 9.91. The van der Waals surface area contributed by atoms with Gasteiger partial charge in [0.25, 0.3) is 0 Å². The third kappa shape index (κ3) is 5.33. The largest absolute Gasteiger partial charge is 0.384 e. The molecular weight excluding hydrogens is 366 g/mol. The van der Waals surface area contributed by atoms with Crippen LogP contribution in [0.3, 0.4) is 0 Å². The van der Waals surface area contributed by atoms with Crippen molar-refractivity contribution < 1.29 is 0 Å². The molecule has 0 atom stereocenters. The standard InChI is InChI=1S/C9H9BrN2.C9H11N3/c1-9(2,6-11)7-4-3-5-8(10)12-7;1-9(2,6-10)7-4-3-5-8(11)12-7/h3-5H,1-2H3;3-5H,1-2H3,(H2,11,12). The van der Waals surface area contributed by atoms with Crippen LogP contribution in [0.4, 0.5) is 5.82 Å². The number of rotatable bonds is 2. The molecule has 24 heavy (non-hydrogen) atoms. The number of aromatic nitrogens is 2. The predicted molar refractivity (Wildman–Crippen MR) is 97.9 cm³/mol. The maximum atomic E-state index is 8.83. The van der Waals surface area contributed by atoms with Gasteiger partial charge in [0.05, 0.1) is 34.4 Å². The lowest BCUT2D eigenvalue weighted by molar-refractivity contribution is 0.657. The van der Waals surface area contributed by atoms with Crippen molar-refractivity contribution in [3.8, 4) is 12.1 Å². The number of anilines is 1. The quantitative estimate of drug-likeness (QED) is 0.783. The van der Waals surface area contributed by atoms with Gasteiger partial charge in [0, 0.05) is 0 Å². The van der Waals surface area contributed by atoms with Gasteiger partial charge in [0.2, 0.25) is 0 Å².